The second kappa shape index (κ2) is 6.94. The molecule has 0 saturated carbocycles. The highest BCUT2D eigenvalue weighted by Gasteiger charge is 2.59. The Morgan fingerprint density at radius 3 is 2.48 bits per heavy atom. The number of thiazole rings is 1. The Hall–Kier alpha value is -3.14. The maximum Gasteiger partial charge on any atom is 0.271 e. The minimum atomic E-state index is -8.31. The highest BCUT2D eigenvalue weighted by Crippen LogP contribution is 2.98. The van der Waals surface area contributed by atoms with Gasteiger partial charge >= 0.3 is 0 Å². The number of hydroxylamine groups is 1. The Labute approximate surface area is 178 Å². The van der Waals surface area contributed by atoms with E-state index in [0.717, 1.165) is 23.5 Å². The van der Waals surface area contributed by atoms with Crippen molar-refractivity contribution in [2.45, 2.75) is 4.90 Å². The Morgan fingerprint density at radius 1 is 1.29 bits per heavy atom. The first-order valence-corrected chi connectivity index (χ1v) is 11.9. The maximum absolute atomic E-state index is 13.7. The molecule has 0 unspecified atom stereocenters. The molecule has 0 bridgehead atoms. The van der Waals surface area contributed by atoms with E-state index in [4.69, 9.17) is 5.21 Å². The van der Waals surface area contributed by atoms with Gasteiger partial charge in [-0.25, -0.2) is 10.5 Å². The molecule has 0 aliphatic heterocycles. The summed E-state index contributed by atoms with van der Waals surface area (Å²) in [5, 5.41) is 21.1. The summed E-state index contributed by atoms with van der Waals surface area (Å²) in [5.74, 6) is -0.815. The molecule has 12 heteroatoms. The number of carbonyl (C=O) groups excluding carboxylic acids is 1. The van der Waals surface area contributed by atoms with Crippen molar-refractivity contribution in [1.29, 1.82) is 5.26 Å². The smallest absolute Gasteiger partial charge is 0.271 e. The van der Waals surface area contributed by atoms with E-state index in [2.05, 4.69) is 16.9 Å². The summed E-state index contributed by atoms with van der Waals surface area (Å²) in [6.45, 7) is 3.40. The van der Waals surface area contributed by atoms with Crippen LogP contribution in [0.1, 0.15) is 5.56 Å². The SMILES string of the molecule is C=C(CNc1cc(-c2ccc(S(C)(F)(F)(F)F)cc2)c2ncsc2c1C#N)C(=O)NO. The lowest BCUT2D eigenvalue weighted by atomic mass is 10.0. The van der Waals surface area contributed by atoms with Gasteiger partial charge in [0.05, 0.1) is 38.1 Å². The molecule has 1 amide bonds. The summed E-state index contributed by atoms with van der Waals surface area (Å²) in [7, 11) is -8.31. The Balaban J connectivity index is 2.09. The summed E-state index contributed by atoms with van der Waals surface area (Å²) >= 11 is 1.16. The molecule has 3 rings (SSSR count). The number of amides is 1. The van der Waals surface area contributed by atoms with Crippen LogP contribution in [-0.2, 0) is 4.79 Å². The van der Waals surface area contributed by atoms with Gasteiger partial charge in [-0.1, -0.05) is 18.7 Å². The minimum absolute atomic E-state index is 0.0161. The van der Waals surface area contributed by atoms with E-state index < -0.39 is 20.6 Å². The zero-order valence-corrected chi connectivity index (χ0v) is 17.6. The number of nitriles is 1. The zero-order valence-electron chi connectivity index (χ0n) is 16.0. The van der Waals surface area contributed by atoms with Crippen LogP contribution in [0.4, 0.5) is 21.2 Å². The molecule has 2 aromatic carbocycles. The van der Waals surface area contributed by atoms with Crippen molar-refractivity contribution < 1.29 is 25.5 Å². The molecule has 164 valence electrons. The van der Waals surface area contributed by atoms with Gasteiger partial charge in [0.25, 0.3) is 5.91 Å². The normalized spacial score (nSPS) is 13.7. The largest absolute Gasteiger partial charge is 0.380 e. The standard InChI is InChI=1S/C19H16F4N4O2S2/c1-11(19(28)27-29)9-25-16-7-14(17-18(15(16)8-24)30-10-26-17)12-3-5-13(6-4-12)31(2,20,21,22)23/h3-7,10,25,29H,1,9H2,2H3,(H,27,28). The third-order valence-corrected chi connectivity index (χ3v) is 6.69. The van der Waals surface area contributed by atoms with Crippen molar-refractivity contribution in [1.82, 2.24) is 10.5 Å². The number of rotatable bonds is 6. The summed E-state index contributed by atoms with van der Waals surface area (Å²) in [6, 6.07) is 7.18. The Morgan fingerprint density at radius 2 is 1.94 bits per heavy atom. The van der Waals surface area contributed by atoms with Crippen LogP contribution in [0, 0.1) is 11.3 Å². The highest BCUT2D eigenvalue weighted by molar-refractivity contribution is 8.49. The quantitative estimate of drug-likeness (QED) is 0.185. The van der Waals surface area contributed by atoms with Gasteiger partial charge in [-0.15, -0.1) is 26.9 Å². The van der Waals surface area contributed by atoms with E-state index in [0.29, 0.717) is 39.2 Å². The van der Waals surface area contributed by atoms with Crippen LogP contribution in [0.2, 0.25) is 0 Å². The van der Waals surface area contributed by atoms with Crippen LogP contribution in [-0.4, -0.2) is 28.9 Å². The second-order valence-corrected chi connectivity index (χ2v) is 11.2. The van der Waals surface area contributed by atoms with Crippen LogP contribution >= 0.6 is 21.2 Å². The number of nitrogens with one attached hydrogen (secondary N) is 2. The van der Waals surface area contributed by atoms with Gasteiger partial charge in [0.15, 0.2) is 9.84 Å². The van der Waals surface area contributed by atoms with Gasteiger partial charge in [-0.3, -0.25) is 10.0 Å². The van der Waals surface area contributed by atoms with E-state index in [1.54, 1.807) is 0 Å². The van der Waals surface area contributed by atoms with Crippen molar-refractivity contribution in [3.05, 3.63) is 53.6 Å². The Bertz CT molecular complexity index is 1250. The number of halogens is 4. The van der Waals surface area contributed by atoms with E-state index in [1.807, 2.05) is 6.07 Å². The van der Waals surface area contributed by atoms with Gasteiger partial charge in [0.2, 0.25) is 0 Å². The third-order valence-electron chi connectivity index (χ3n) is 4.39. The first-order valence-electron chi connectivity index (χ1n) is 8.51. The molecular formula is C19H16F4N4O2S2. The van der Waals surface area contributed by atoms with Gasteiger partial charge in [-0.05, 0) is 23.8 Å². The van der Waals surface area contributed by atoms with Crippen LogP contribution in [0.5, 0.6) is 0 Å². The van der Waals surface area contributed by atoms with E-state index in [1.165, 1.54) is 17.1 Å². The van der Waals surface area contributed by atoms with Crippen molar-refractivity contribution in [2.75, 3.05) is 18.1 Å². The van der Waals surface area contributed by atoms with E-state index in [-0.39, 0.29) is 23.9 Å². The van der Waals surface area contributed by atoms with E-state index in [9.17, 15) is 25.6 Å². The third kappa shape index (κ3) is 4.63. The van der Waals surface area contributed by atoms with Gasteiger partial charge in [0, 0.05) is 17.7 Å². The fraction of sp³-hybridized carbons (Fsp3) is 0.105. The first-order chi connectivity index (χ1) is 14.2. The molecule has 0 saturated heterocycles. The summed E-state index contributed by atoms with van der Waals surface area (Å²) in [5.41, 5.74) is 4.59. The second-order valence-electron chi connectivity index (χ2n) is 6.89. The number of carbonyl (C=O) groups is 1. The Kier molecular flexibility index (Phi) is 5.05. The molecular weight excluding hydrogens is 456 g/mol. The van der Waals surface area contributed by atoms with Crippen LogP contribution in [0.15, 0.2) is 52.9 Å². The predicted octanol–water partition coefficient (Wildman–Crippen LogP) is 5.71. The van der Waals surface area contributed by atoms with Gasteiger partial charge in [-0.2, -0.15) is 5.26 Å². The van der Waals surface area contributed by atoms with E-state index >= 15 is 0 Å². The molecule has 0 fully saturated rings. The first kappa shape index (κ1) is 22.5. The topological polar surface area (TPSA) is 98.0 Å². The molecule has 1 heterocycles. The molecule has 3 N–H and O–H groups in total. The average Bonchev–Trinajstić information content (AvgIpc) is 3.18. The summed E-state index contributed by atoms with van der Waals surface area (Å²) < 4.78 is 55.2. The number of anilines is 1. The summed E-state index contributed by atoms with van der Waals surface area (Å²) in [6.07, 6.45) is -0.340. The molecule has 31 heavy (non-hydrogen) atoms. The predicted molar refractivity (Wildman–Crippen MR) is 114 cm³/mol. The molecule has 3 aromatic rings. The monoisotopic (exact) mass is 472 g/mol. The lowest BCUT2D eigenvalue weighted by Gasteiger charge is -2.46. The zero-order chi connectivity index (χ0) is 23.1. The fourth-order valence-electron chi connectivity index (χ4n) is 2.83. The molecule has 6 nitrogen and oxygen atoms in total. The molecule has 1 aromatic heterocycles. The number of nitrogens with zero attached hydrogens (tertiary/aromatic N) is 2. The molecule has 0 radical (unpaired) electrons. The number of hydrogen-bond donors (Lipinski definition) is 3. The molecule has 0 aliphatic carbocycles. The molecule has 0 spiro atoms. The van der Waals surface area contributed by atoms with Crippen molar-refractivity contribution in [3.8, 4) is 17.2 Å². The number of fused-ring (bicyclic) bond motifs is 1. The number of benzene rings is 2. The summed E-state index contributed by atoms with van der Waals surface area (Å²) in [4.78, 5) is 14.3. The van der Waals surface area contributed by atoms with Gasteiger partial charge < -0.3 is 5.32 Å². The number of hydrogen-bond acceptors (Lipinski definition) is 6. The lowest BCUT2D eigenvalue weighted by molar-refractivity contribution is -0.125. The maximum atomic E-state index is 13.7. The fourth-order valence-corrected chi connectivity index (χ4v) is 4.46. The minimum Gasteiger partial charge on any atom is -0.380 e. The van der Waals surface area contributed by atoms with Gasteiger partial charge in [0.1, 0.15) is 6.07 Å². The molecule has 0 atom stereocenters. The van der Waals surface area contributed by atoms with Crippen molar-refractivity contribution in [3.63, 3.8) is 0 Å². The van der Waals surface area contributed by atoms with Crippen LogP contribution in [0.25, 0.3) is 21.3 Å². The number of aromatic nitrogens is 1. The highest BCUT2D eigenvalue weighted by atomic mass is 32.5. The van der Waals surface area contributed by atoms with Crippen molar-refractivity contribution in [2.24, 2.45) is 0 Å². The van der Waals surface area contributed by atoms with Crippen LogP contribution in [0.3, 0.4) is 0 Å². The molecule has 0 aliphatic rings. The van der Waals surface area contributed by atoms with Crippen LogP contribution < -0.4 is 10.8 Å². The van der Waals surface area contributed by atoms with Crippen molar-refractivity contribution >= 4 is 43.0 Å². The lowest BCUT2D eigenvalue weighted by Crippen LogP contribution is -2.24. The average molecular weight is 472 g/mol.